The van der Waals surface area contributed by atoms with Gasteiger partial charge < -0.3 is 15.6 Å². The zero-order chi connectivity index (χ0) is 17.2. The number of amides is 1. The molecule has 23 heavy (non-hydrogen) atoms. The molecule has 0 saturated heterocycles. The maximum Gasteiger partial charge on any atom is 0.246 e. The van der Waals surface area contributed by atoms with Gasteiger partial charge in [0.2, 0.25) is 15.9 Å². The molecule has 0 aromatic carbocycles. The summed E-state index contributed by atoms with van der Waals surface area (Å²) < 4.78 is 32.0. The van der Waals surface area contributed by atoms with Crippen molar-refractivity contribution in [1.29, 1.82) is 0 Å². The molecule has 0 aliphatic heterocycles. The van der Waals surface area contributed by atoms with Gasteiger partial charge in [-0.3, -0.25) is 4.79 Å². The van der Waals surface area contributed by atoms with Gasteiger partial charge in [-0.25, -0.2) is 8.42 Å². The smallest absolute Gasteiger partial charge is 0.246 e. The van der Waals surface area contributed by atoms with E-state index in [9.17, 15) is 13.2 Å². The van der Waals surface area contributed by atoms with Gasteiger partial charge >= 0.3 is 0 Å². The van der Waals surface area contributed by atoms with Gasteiger partial charge in [-0.1, -0.05) is 5.16 Å². The summed E-state index contributed by atoms with van der Waals surface area (Å²) in [4.78, 5) is 12.2. The number of hydrogen-bond donors (Lipinski definition) is 3. The Hall–Kier alpha value is -1.45. The molecule has 0 spiro atoms. The first-order chi connectivity index (χ1) is 10.7. The van der Waals surface area contributed by atoms with Crippen molar-refractivity contribution >= 4 is 15.9 Å². The van der Waals surface area contributed by atoms with Crippen LogP contribution >= 0.6 is 0 Å². The molecule has 0 bridgehead atoms. The molecule has 0 radical (unpaired) electrons. The first-order valence-electron chi connectivity index (χ1n) is 7.72. The molecular formula is C14H24N4O4S. The van der Waals surface area contributed by atoms with Crippen LogP contribution in [0.1, 0.15) is 44.1 Å². The third kappa shape index (κ3) is 4.30. The lowest BCUT2D eigenvalue weighted by atomic mass is 9.92. The van der Waals surface area contributed by atoms with E-state index in [4.69, 9.17) is 10.3 Å². The van der Waals surface area contributed by atoms with Gasteiger partial charge in [0.1, 0.15) is 10.6 Å². The molecule has 1 saturated carbocycles. The standard InChI is InChI=1S/C14H24N4O4S/c1-8-13(10(3)22-17-8)23(20,21)18-9(2)14(19)16-12-6-4-11(15)5-7-12/h9,11-12,18H,4-7,15H2,1-3H3,(H,16,19). The highest BCUT2D eigenvalue weighted by molar-refractivity contribution is 7.89. The molecule has 1 amide bonds. The van der Waals surface area contributed by atoms with Gasteiger partial charge in [0, 0.05) is 12.1 Å². The van der Waals surface area contributed by atoms with Crippen LogP contribution in [-0.4, -0.2) is 37.6 Å². The van der Waals surface area contributed by atoms with Crippen molar-refractivity contribution in [2.45, 2.75) is 69.5 Å². The Labute approximate surface area is 136 Å². The Morgan fingerprint density at radius 1 is 1.30 bits per heavy atom. The van der Waals surface area contributed by atoms with Crippen molar-refractivity contribution in [3.8, 4) is 0 Å². The van der Waals surface area contributed by atoms with Gasteiger partial charge in [-0.2, -0.15) is 4.72 Å². The first kappa shape index (κ1) is 17.9. The van der Waals surface area contributed by atoms with Crippen LogP contribution in [0.4, 0.5) is 0 Å². The van der Waals surface area contributed by atoms with E-state index in [0.717, 1.165) is 25.7 Å². The molecule has 130 valence electrons. The average molecular weight is 344 g/mol. The molecule has 1 fully saturated rings. The van der Waals surface area contributed by atoms with Gasteiger partial charge in [0.05, 0.1) is 6.04 Å². The van der Waals surface area contributed by atoms with Gasteiger partial charge in [0.25, 0.3) is 0 Å². The fraction of sp³-hybridized carbons (Fsp3) is 0.714. The Kier molecular flexibility index (Phi) is 5.43. The van der Waals surface area contributed by atoms with Crippen molar-refractivity contribution < 1.29 is 17.7 Å². The molecule has 8 nitrogen and oxygen atoms in total. The van der Waals surface area contributed by atoms with Crippen molar-refractivity contribution in [2.75, 3.05) is 0 Å². The second-order valence-corrected chi connectivity index (χ2v) is 7.77. The largest absolute Gasteiger partial charge is 0.360 e. The summed E-state index contributed by atoms with van der Waals surface area (Å²) in [5, 5.41) is 6.50. The number of carbonyl (C=O) groups is 1. The van der Waals surface area contributed by atoms with Crippen LogP contribution in [0, 0.1) is 13.8 Å². The number of aryl methyl sites for hydroxylation is 2. The summed E-state index contributed by atoms with van der Waals surface area (Å²) in [6.45, 7) is 4.57. The minimum atomic E-state index is -3.86. The number of rotatable bonds is 5. The van der Waals surface area contributed by atoms with E-state index >= 15 is 0 Å². The second kappa shape index (κ2) is 6.98. The topological polar surface area (TPSA) is 127 Å². The maximum atomic E-state index is 12.4. The summed E-state index contributed by atoms with van der Waals surface area (Å²) in [5.41, 5.74) is 6.10. The molecular weight excluding hydrogens is 320 g/mol. The average Bonchev–Trinajstić information content (AvgIpc) is 2.80. The highest BCUT2D eigenvalue weighted by atomic mass is 32.2. The minimum absolute atomic E-state index is 0.0132. The number of nitrogens with zero attached hydrogens (tertiary/aromatic N) is 1. The fourth-order valence-electron chi connectivity index (χ4n) is 2.79. The van der Waals surface area contributed by atoms with Crippen LogP contribution in [0.3, 0.4) is 0 Å². The third-order valence-electron chi connectivity index (χ3n) is 4.08. The minimum Gasteiger partial charge on any atom is -0.360 e. The van der Waals surface area contributed by atoms with Crippen molar-refractivity contribution in [1.82, 2.24) is 15.2 Å². The highest BCUT2D eigenvalue weighted by Crippen LogP contribution is 2.19. The van der Waals surface area contributed by atoms with Crippen LogP contribution in [0.2, 0.25) is 0 Å². The second-order valence-electron chi connectivity index (χ2n) is 6.12. The van der Waals surface area contributed by atoms with Crippen LogP contribution in [0.25, 0.3) is 0 Å². The quantitative estimate of drug-likeness (QED) is 0.707. The molecule has 1 heterocycles. The van der Waals surface area contributed by atoms with Crippen molar-refractivity contribution in [2.24, 2.45) is 5.73 Å². The van der Waals surface area contributed by atoms with Crippen LogP contribution in [0.15, 0.2) is 9.42 Å². The number of hydrogen-bond acceptors (Lipinski definition) is 6. The number of carbonyl (C=O) groups excluding carboxylic acids is 1. The van der Waals surface area contributed by atoms with Crippen molar-refractivity contribution in [3.63, 3.8) is 0 Å². The van der Waals surface area contributed by atoms with E-state index in [0.29, 0.717) is 0 Å². The molecule has 1 aliphatic rings. The fourth-order valence-corrected chi connectivity index (χ4v) is 4.33. The summed E-state index contributed by atoms with van der Waals surface area (Å²) in [6.07, 6.45) is 3.36. The van der Waals surface area contributed by atoms with E-state index in [2.05, 4.69) is 15.2 Å². The van der Waals surface area contributed by atoms with Gasteiger partial charge in [-0.05, 0) is 46.5 Å². The zero-order valence-corrected chi connectivity index (χ0v) is 14.4. The Morgan fingerprint density at radius 3 is 2.43 bits per heavy atom. The van der Waals surface area contributed by atoms with E-state index < -0.39 is 16.1 Å². The highest BCUT2D eigenvalue weighted by Gasteiger charge is 2.29. The predicted octanol–water partition coefficient (Wildman–Crippen LogP) is 0.344. The lowest BCUT2D eigenvalue weighted by molar-refractivity contribution is -0.123. The molecule has 1 aromatic rings. The molecule has 1 atom stereocenters. The monoisotopic (exact) mass is 344 g/mol. The van der Waals surface area contributed by atoms with Crippen LogP contribution in [0.5, 0.6) is 0 Å². The molecule has 9 heteroatoms. The zero-order valence-electron chi connectivity index (χ0n) is 13.6. The molecule has 1 aromatic heterocycles. The lowest BCUT2D eigenvalue weighted by Crippen LogP contribution is -2.49. The van der Waals surface area contributed by atoms with Crippen LogP contribution in [-0.2, 0) is 14.8 Å². The van der Waals surface area contributed by atoms with Gasteiger partial charge in [-0.15, -0.1) is 0 Å². The Balaban J connectivity index is 1.98. The Bertz CT molecular complexity index is 643. The maximum absolute atomic E-state index is 12.4. The van der Waals surface area contributed by atoms with Gasteiger partial charge in [0.15, 0.2) is 5.76 Å². The number of aromatic nitrogens is 1. The Morgan fingerprint density at radius 2 is 1.91 bits per heavy atom. The first-order valence-corrected chi connectivity index (χ1v) is 9.20. The lowest BCUT2D eigenvalue weighted by Gasteiger charge is -2.27. The SMILES string of the molecule is Cc1noc(C)c1S(=O)(=O)NC(C)C(=O)NC1CCC(N)CC1. The summed E-state index contributed by atoms with van der Waals surface area (Å²) in [5.74, 6) is -0.148. The molecule has 1 unspecified atom stereocenters. The summed E-state index contributed by atoms with van der Waals surface area (Å²) in [6, 6.07) is -0.642. The van der Waals surface area contributed by atoms with Crippen LogP contribution < -0.4 is 15.8 Å². The number of sulfonamides is 1. The molecule has 4 N–H and O–H groups in total. The number of nitrogens with one attached hydrogen (secondary N) is 2. The third-order valence-corrected chi connectivity index (χ3v) is 5.86. The molecule has 2 rings (SSSR count). The summed E-state index contributed by atoms with van der Waals surface area (Å²) in [7, 11) is -3.86. The molecule has 1 aliphatic carbocycles. The van der Waals surface area contributed by atoms with E-state index in [1.807, 2.05) is 0 Å². The van der Waals surface area contributed by atoms with E-state index in [1.54, 1.807) is 6.92 Å². The van der Waals surface area contributed by atoms with E-state index in [1.165, 1.54) is 13.8 Å². The number of nitrogens with two attached hydrogens (primary N) is 1. The van der Waals surface area contributed by atoms with Crippen molar-refractivity contribution in [3.05, 3.63) is 11.5 Å². The predicted molar refractivity (Wildman–Crippen MR) is 84.1 cm³/mol. The normalized spacial score (nSPS) is 23.5. The summed E-state index contributed by atoms with van der Waals surface area (Å²) >= 11 is 0. The van der Waals surface area contributed by atoms with E-state index in [-0.39, 0.29) is 34.3 Å².